The van der Waals surface area contributed by atoms with E-state index in [1.54, 1.807) is 0 Å². The molecule has 86 valence electrons. The molecule has 0 unspecified atom stereocenters. The molecule has 0 aromatic heterocycles. The molecule has 0 amide bonds. The number of benzene rings is 1. The average molecular weight is 281 g/mol. The van der Waals surface area contributed by atoms with Crippen LogP contribution in [0.2, 0.25) is 0 Å². The van der Waals surface area contributed by atoms with E-state index < -0.39 is 0 Å². The van der Waals surface area contributed by atoms with Gasteiger partial charge in [0.05, 0.1) is 0 Å². The summed E-state index contributed by atoms with van der Waals surface area (Å²) in [5.41, 5.74) is 1.40. The van der Waals surface area contributed by atoms with Gasteiger partial charge in [0.1, 0.15) is 0 Å². The summed E-state index contributed by atoms with van der Waals surface area (Å²) in [4.78, 5) is 2.64. The Labute approximate surface area is 105 Å². The van der Waals surface area contributed by atoms with E-state index in [4.69, 9.17) is 0 Å². The van der Waals surface area contributed by atoms with Crippen molar-refractivity contribution in [3.63, 3.8) is 0 Å². The quantitative estimate of drug-likeness (QED) is 0.896. The first-order chi connectivity index (χ1) is 7.83. The second-order valence-electron chi connectivity index (χ2n) is 4.79. The van der Waals surface area contributed by atoms with Gasteiger partial charge >= 0.3 is 0 Å². The van der Waals surface area contributed by atoms with Crippen LogP contribution in [0.15, 0.2) is 28.7 Å². The van der Waals surface area contributed by atoms with Crippen LogP contribution < -0.4 is 5.32 Å². The SMILES string of the molecule is Brc1cccc([C@@H]2CN(C3CC3)CCN2)c1. The Hall–Kier alpha value is -0.380. The largest absolute Gasteiger partial charge is 0.308 e. The molecule has 0 spiro atoms. The topological polar surface area (TPSA) is 15.3 Å². The molecule has 0 radical (unpaired) electrons. The van der Waals surface area contributed by atoms with Crippen LogP contribution in [0.1, 0.15) is 24.4 Å². The highest BCUT2D eigenvalue weighted by molar-refractivity contribution is 9.10. The van der Waals surface area contributed by atoms with Crippen LogP contribution in [-0.4, -0.2) is 30.6 Å². The zero-order valence-electron chi connectivity index (χ0n) is 9.32. The van der Waals surface area contributed by atoms with Gasteiger partial charge in [0.15, 0.2) is 0 Å². The van der Waals surface area contributed by atoms with Gasteiger partial charge in [-0.15, -0.1) is 0 Å². The maximum atomic E-state index is 3.61. The Morgan fingerprint density at radius 3 is 2.94 bits per heavy atom. The lowest BCUT2D eigenvalue weighted by Crippen LogP contribution is -2.46. The van der Waals surface area contributed by atoms with Crippen molar-refractivity contribution >= 4 is 15.9 Å². The lowest BCUT2D eigenvalue weighted by molar-refractivity contribution is 0.192. The van der Waals surface area contributed by atoms with Crippen LogP contribution in [0.4, 0.5) is 0 Å². The number of rotatable bonds is 2. The Kier molecular flexibility index (Phi) is 3.01. The van der Waals surface area contributed by atoms with Crippen molar-refractivity contribution in [2.75, 3.05) is 19.6 Å². The van der Waals surface area contributed by atoms with E-state index in [-0.39, 0.29) is 0 Å². The molecule has 2 aliphatic rings. The third-order valence-electron chi connectivity index (χ3n) is 3.52. The van der Waals surface area contributed by atoms with Crippen LogP contribution in [-0.2, 0) is 0 Å². The lowest BCUT2D eigenvalue weighted by atomic mass is 10.0. The number of nitrogens with zero attached hydrogens (tertiary/aromatic N) is 1. The van der Waals surface area contributed by atoms with E-state index in [1.807, 2.05) is 0 Å². The molecule has 3 heteroatoms. The van der Waals surface area contributed by atoms with Gasteiger partial charge in [-0.25, -0.2) is 0 Å². The molecule has 1 atom stereocenters. The smallest absolute Gasteiger partial charge is 0.0450 e. The molecular weight excluding hydrogens is 264 g/mol. The highest BCUT2D eigenvalue weighted by Crippen LogP contribution is 2.30. The van der Waals surface area contributed by atoms with Crippen molar-refractivity contribution in [1.82, 2.24) is 10.2 Å². The minimum Gasteiger partial charge on any atom is -0.308 e. The van der Waals surface area contributed by atoms with E-state index in [0.29, 0.717) is 6.04 Å². The van der Waals surface area contributed by atoms with Gasteiger partial charge in [-0.2, -0.15) is 0 Å². The Bertz CT molecular complexity index is 376. The van der Waals surface area contributed by atoms with Gasteiger partial charge in [-0.3, -0.25) is 4.90 Å². The van der Waals surface area contributed by atoms with E-state index in [2.05, 4.69) is 50.4 Å². The second-order valence-corrected chi connectivity index (χ2v) is 5.70. The van der Waals surface area contributed by atoms with E-state index >= 15 is 0 Å². The molecule has 16 heavy (non-hydrogen) atoms. The van der Waals surface area contributed by atoms with E-state index in [1.165, 1.54) is 36.0 Å². The average Bonchev–Trinajstić information content (AvgIpc) is 3.13. The second kappa shape index (κ2) is 4.47. The highest BCUT2D eigenvalue weighted by atomic mass is 79.9. The molecule has 2 nitrogen and oxygen atoms in total. The molecule has 1 heterocycles. The van der Waals surface area contributed by atoms with Gasteiger partial charge in [-0.1, -0.05) is 28.1 Å². The van der Waals surface area contributed by atoms with Crippen LogP contribution in [0.5, 0.6) is 0 Å². The fourth-order valence-electron chi connectivity index (χ4n) is 2.49. The zero-order valence-corrected chi connectivity index (χ0v) is 10.9. The summed E-state index contributed by atoms with van der Waals surface area (Å²) in [6.45, 7) is 3.50. The predicted molar refractivity (Wildman–Crippen MR) is 69.5 cm³/mol. The first kappa shape index (κ1) is 10.8. The molecule has 1 N–H and O–H groups in total. The Morgan fingerprint density at radius 1 is 1.31 bits per heavy atom. The molecule has 1 saturated heterocycles. The van der Waals surface area contributed by atoms with Crippen LogP contribution in [0.3, 0.4) is 0 Å². The van der Waals surface area contributed by atoms with Crippen molar-refractivity contribution in [2.45, 2.75) is 24.9 Å². The number of hydrogen-bond acceptors (Lipinski definition) is 2. The van der Waals surface area contributed by atoms with Crippen LogP contribution in [0, 0.1) is 0 Å². The van der Waals surface area contributed by atoms with Gasteiger partial charge in [-0.05, 0) is 30.5 Å². The maximum Gasteiger partial charge on any atom is 0.0450 e. The lowest BCUT2D eigenvalue weighted by Gasteiger charge is -2.34. The maximum absolute atomic E-state index is 3.61. The minimum absolute atomic E-state index is 0.506. The molecule has 2 fully saturated rings. The third kappa shape index (κ3) is 2.31. The van der Waals surface area contributed by atoms with Crippen molar-refractivity contribution in [3.05, 3.63) is 34.3 Å². The fraction of sp³-hybridized carbons (Fsp3) is 0.538. The van der Waals surface area contributed by atoms with Gasteiger partial charge in [0, 0.05) is 36.2 Å². The monoisotopic (exact) mass is 280 g/mol. The third-order valence-corrected chi connectivity index (χ3v) is 4.01. The van der Waals surface area contributed by atoms with Crippen molar-refractivity contribution in [1.29, 1.82) is 0 Å². The van der Waals surface area contributed by atoms with E-state index in [0.717, 1.165) is 12.6 Å². The first-order valence-corrected chi connectivity index (χ1v) is 6.85. The fourth-order valence-corrected chi connectivity index (χ4v) is 2.91. The number of halogens is 1. The molecule has 3 rings (SSSR count). The standard InChI is InChI=1S/C13H17BrN2/c14-11-3-1-2-10(8-11)13-9-16(7-6-15-13)12-4-5-12/h1-3,8,12-13,15H,4-7,9H2/t13-/m0/s1. The number of nitrogens with one attached hydrogen (secondary N) is 1. The summed E-state index contributed by atoms with van der Waals surface area (Å²) in [6.07, 6.45) is 2.82. The number of piperazine rings is 1. The molecule has 1 aliphatic carbocycles. The van der Waals surface area contributed by atoms with Crippen molar-refractivity contribution in [3.8, 4) is 0 Å². The van der Waals surface area contributed by atoms with Crippen molar-refractivity contribution in [2.24, 2.45) is 0 Å². The van der Waals surface area contributed by atoms with Gasteiger partial charge < -0.3 is 5.32 Å². The molecule has 1 saturated carbocycles. The summed E-state index contributed by atoms with van der Waals surface area (Å²) in [5.74, 6) is 0. The minimum atomic E-state index is 0.506. The summed E-state index contributed by atoms with van der Waals surface area (Å²) in [7, 11) is 0. The van der Waals surface area contributed by atoms with Crippen molar-refractivity contribution < 1.29 is 0 Å². The Morgan fingerprint density at radius 2 is 2.19 bits per heavy atom. The van der Waals surface area contributed by atoms with E-state index in [9.17, 15) is 0 Å². The van der Waals surface area contributed by atoms with Gasteiger partial charge in [0.25, 0.3) is 0 Å². The molecule has 1 aliphatic heterocycles. The molecule has 1 aromatic rings. The molecular formula is C13H17BrN2. The zero-order chi connectivity index (χ0) is 11.0. The normalized spacial score (nSPS) is 26.9. The highest BCUT2D eigenvalue weighted by Gasteiger charge is 2.32. The molecule has 0 bridgehead atoms. The summed E-state index contributed by atoms with van der Waals surface area (Å²) in [6, 6.07) is 10.1. The first-order valence-electron chi connectivity index (χ1n) is 6.06. The van der Waals surface area contributed by atoms with Gasteiger partial charge in [0.2, 0.25) is 0 Å². The Balaban J connectivity index is 1.73. The molecule has 1 aromatic carbocycles. The summed E-state index contributed by atoms with van der Waals surface area (Å²) < 4.78 is 1.18. The van der Waals surface area contributed by atoms with Crippen LogP contribution in [0.25, 0.3) is 0 Å². The van der Waals surface area contributed by atoms with Crippen LogP contribution >= 0.6 is 15.9 Å². The summed E-state index contributed by atoms with van der Waals surface area (Å²) >= 11 is 3.54. The number of hydrogen-bond donors (Lipinski definition) is 1. The summed E-state index contributed by atoms with van der Waals surface area (Å²) in [5, 5.41) is 3.61. The predicted octanol–water partition coefficient (Wildman–Crippen LogP) is 2.56.